The quantitative estimate of drug-likeness (QED) is 0.426. The number of esters is 1. The molecular formula is C19H13N3O3. The van der Waals surface area contributed by atoms with Crippen LogP contribution < -0.4 is 10.3 Å². The highest BCUT2D eigenvalue weighted by molar-refractivity contribution is 5.87. The predicted octanol–water partition coefficient (Wildman–Crippen LogP) is 2.55. The summed E-state index contributed by atoms with van der Waals surface area (Å²) >= 11 is 0. The van der Waals surface area contributed by atoms with Gasteiger partial charge in [-0.3, -0.25) is 14.3 Å². The smallest absolute Gasteiger partial charge is 0.331 e. The fourth-order valence-corrected chi connectivity index (χ4v) is 2.67. The van der Waals surface area contributed by atoms with Crippen LogP contribution in [0.2, 0.25) is 0 Å². The summed E-state index contributed by atoms with van der Waals surface area (Å²) in [6.45, 7) is -0.222. The first-order valence-corrected chi connectivity index (χ1v) is 7.71. The molecule has 25 heavy (non-hydrogen) atoms. The van der Waals surface area contributed by atoms with Crippen LogP contribution in [0.3, 0.4) is 0 Å². The lowest BCUT2D eigenvalue weighted by Crippen LogP contribution is -2.26. The van der Waals surface area contributed by atoms with E-state index in [-0.39, 0.29) is 12.1 Å². The molecule has 0 amide bonds. The van der Waals surface area contributed by atoms with Crippen LogP contribution in [0.5, 0.6) is 5.75 Å². The van der Waals surface area contributed by atoms with E-state index in [1.54, 1.807) is 42.6 Å². The number of nitrogens with zero attached hydrogens (tertiary/aromatic N) is 3. The van der Waals surface area contributed by atoms with Crippen molar-refractivity contribution >= 4 is 27.8 Å². The minimum Gasteiger partial charge on any atom is -0.423 e. The predicted molar refractivity (Wildman–Crippen MR) is 93.4 cm³/mol. The molecule has 2 heterocycles. The highest BCUT2D eigenvalue weighted by atomic mass is 16.5. The topological polar surface area (TPSA) is 74.1 Å². The lowest BCUT2D eigenvalue weighted by Gasteiger charge is -2.08. The van der Waals surface area contributed by atoms with Crippen molar-refractivity contribution in [3.63, 3.8) is 0 Å². The summed E-state index contributed by atoms with van der Waals surface area (Å²) in [4.78, 5) is 33.1. The van der Waals surface area contributed by atoms with E-state index in [2.05, 4.69) is 9.97 Å². The van der Waals surface area contributed by atoms with Gasteiger partial charge in [0, 0.05) is 11.6 Å². The van der Waals surface area contributed by atoms with E-state index in [1.165, 1.54) is 10.9 Å². The molecule has 6 heteroatoms. The molecule has 0 aliphatic carbocycles. The van der Waals surface area contributed by atoms with Gasteiger partial charge in [0.25, 0.3) is 5.56 Å². The number of hydrogen-bond donors (Lipinski definition) is 0. The molecule has 0 radical (unpaired) electrons. The maximum Gasteiger partial charge on any atom is 0.331 e. The average molecular weight is 331 g/mol. The summed E-state index contributed by atoms with van der Waals surface area (Å²) in [5, 5.41) is 1.34. The number of aromatic nitrogens is 3. The molecule has 0 saturated carbocycles. The van der Waals surface area contributed by atoms with Crippen molar-refractivity contribution in [1.29, 1.82) is 0 Å². The SMILES string of the molecule is O=C(Cn1cnc2ccccc2c1=O)Oc1cccc2cccnc12. The Hall–Kier alpha value is -3.54. The summed E-state index contributed by atoms with van der Waals surface area (Å²) in [5.41, 5.74) is 0.913. The molecule has 0 aliphatic rings. The number of fused-ring (bicyclic) bond motifs is 2. The summed E-state index contributed by atoms with van der Waals surface area (Å²) in [5.74, 6) is -0.192. The summed E-state index contributed by atoms with van der Waals surface area (Å²) < 4.78 is 6.65. The Balaban J connectivity index is 1.62. The van der Waals surface area contributed by atoms with Gasteiger partial charge in [0.05, 0.1) is 17.2 Å². The van der Waals surface area contributed by atoms with Crippen molar-refractivity contribution in [2.75, 3.05) is 0 Å². The van der Waals surface area contributed by atoms with Gasteiger partial charge < -0.3 is 4.74 Å². The lowest BCUT2D eigenvalue weighted by atomic mass is 10.2. The van der Waals surface area contributed by atoms with Gasteiger partial charge in [0.1, 0.15) is 12.1 Å². The van der Waals surface area contributed by atoms with E-state index in [4.69, 9.17) is 4.74 Å². The second-order valence-electron chi connectivity index (χ2n) is 5.50. The Morgan fingerprint density at radius 3 is 2.76 bits per heavy atom. The number of carbonyl (C=O) groups is 1. The number of pyridine rings is 1. The molecule has 0 N–H and O–H groups in total. The highest BCUT2D eigenvalue weighted by Gasteiger charge is 2.12. The van der Waals surface area contributed by atoms with Gasteiger partial charge in [-0.2, -0.15) is 0 Å². The molecule has 0 spiro atoms. The lowest BCUT2D eigenvalue weighted by molar-refractivity contribution is -0.135. The molecule has 0 bridgehead atoms. The van der Waals surface area contributed by atoms with Crippen LogP contribution in [0, 0.1) is 0 Å². The maximum absolute atomic E-state index is 12.4. The standard InChI is InChI=1S/C19H13N3O3/c23-17(25-16-9-3-5-13-6-4-10-20-18(13)16)11-22-12-21-15-8-2-1-7-14(15)19(22)24/h1-10,12H,11H2. The van der Waals surface area contributed by atoms with Crippen LogP contribution in [0.1, 0.15) is 0 Å². The minimum atomic E-state index is -0.558. The zero-order valence-corrected chi connectivity index (χ0v) is 13.1. The zero-order chi connectivity index (χ0) is 17.2. The molecule has 0 fully saturated rings. The van der Waals surface area contributed by atoms with Crippen molar-refractivity contribution in [3.8, 4) is 5.75 Å². The van der Waals surface area contributed by atoms with Crippen LogP contribution in [0.15, 0.2) is 71.9 Å². The van der Waals surface area contributed by atoms with Gasteiger partial charge in [0.15, 0.2) is 5.75 Å². The molecule has 4 rings (SSSR count). The summed E-state index contributed by atoms with van der Waals surface area (Å²) in [7, 11) is 0. The molecular weight excluding hydrogens is 318 g/mol. The molecule has 122 valence electrons. The van der Waals surface area contributed by atoms with Gasteiger partial charge in [-0.1, -0.05) is 30.3 Å². The van der Waals surface area contributed by atoms with Gasteiger partial charge in [-0.05, 0) is 24.3 Å². The van der Waals surface area contributed by atoms with Crippen molar-refractivity contribution in [2.45, 2.75) is 6.54 Å². The number of para-hydroxylation sites is 2. The van der Waals surface area contributed by atoms with Gasteiger partial charge >= 0.3 is 5.97 Å². The Bertz CT molecular complexity index is 1150. The van der Waals surface area contributed by atoms with Crippen LogP contribution in [-0.2, 0) is 11.3 Å². The first kappa shape index (κ1) is 15.0. The highest BCUT2D eigenvalue weighted by Crippen LogP contribution is 2.23. The first-order valence-electron chi connectivity index (χ1n) is 7.71. The van der Waals surface area contributed by atoms with Crippen molar-refractivity contribution < 1.29 is 9.53 Å². The molecule has 0 saturated heterocycles. The molecule has 2 aromatic carbocycles. The van der Waals surface area contributed by atoms with Crippen LogP contribution in [-0.4, -0.2) is 20.5 Å². The second kappa shape index (κ2) is 6.16. The fraction of sp³-hybridized carbons (Fsp3) is 0.0526. The largest absolute Gasteiger partial charge is 0.423 e. The van der Waals surface area contributed by atoms with Crippen LogP contribution in [0.4, 0.5) is 0 Å². The first-order chi connectivity index (χ1) is 12.2. The Kier molecular flexibility index (Phi) is 3.70. The zero-order valence-electron chi connectivity index (χ0n) is 13.1. The van der Waals surface area contributed by atoms with Crippen molar-refractivity contribution in [1.82, 2.24) is 14.5 Å². The van der Waals surface area contributed by atoms with Crippen molar-refractivity contribution in [3.05, 3.63) is 77.5 Å². The number of carbonyl (C=O) groups excluding carboxylic acids is 1. The molecule has 0 atom stereocenters. The normalized spacial score (nSPS) is 10.9. The summed E-state index contributed by atoms with van der Waals surface area (Å²) in [6, 6.07) is 16.0. The molecule has 0 unspecified atom stereocenters. The minimum absolute atomic E-state index is 0.222. The fourth-order valence-electron chi connectivity index (χ4n) is 2.67. The molecule has 2 aromatic heterocycles. The number of ether oxygens (including phenoxy) is 1. The Morgan fingerprint density at radius 2 is 1.84 bits per heavy atom. The molecule has 4 aromatic rings. The van der Waals surface area contributed by atoms with Gasteiger partial charge in [-0.25, -0.2) is 9.78 Å². The van der Waals surface area contributed by atoms with E-state index < -0.39 is 5.97 Å². The third-order valence-electron chi connectivity index (χ3n) is 3.85. The van der Waals surface area contributed by atoms with Gasteiger partial charge in [-0.15, -0.1) is 0 Å². The monoisotopic (exact) mass is 331 g/mol. The third kappa shape index (κ3) is 2.85. The Labute approximate surface area is 142 Å². The van der Waals surface area contributed by atoms with E-state index >= 15 is 0 Å². The van der Waals surface area contributed by atoms with Crippen molar-refractivity contribution in [2.24, 2.45) is 0 Å². The number of benzene rings is 2. The van der Waals surface area contributed by atoms with E-state index in [9.17, 15) is 9.59 Å². The number of rotatable bonds is 3. The van der Waals surface area contributed by atoms with E-state index in [0.717, 1.165) is 5.39 Å². The maximum atomic E-state index is 12.4. The van der Waals surface area contributed by atoms with Crippen LogP contribution in [0.25, 0.3) is 21.8 Å². The average Bonchev–Trinajstić information content (AvgIpc) is 2.65. The van der Waals surface area contributed by atoms with Crippen LogP contribution >= 0.6 is 0 Å². The van der Waals surface area contributed by atoms with E-state index in [0.29, 0.717) is 22.2 Å². The number of hydrogen-bond acceptors (Lipinski definition) is 5. The third-order valence-corrected chi connectivity index (χ3v) is 3.85. The molecule has 6 nitrogen and oxygen atoms in total. The van der Waals surface area contributed by atoms with E-state index in [1.807, 2.05) is 18.2 Å². The van der Waals surface area contributed by atoms with Gasteiger partial charge in [0.2, 0.25) is 0 Å². The Morgan fingerprint density at radius 1 is 1.00 bits per heavy atom. The second-order valence-corrected chi connectivity index (χ2v) is 5.50. The molecule has 0 aliphatic heterocycles. The summed E-state index contributed by atoms with van der Waals surface area (Å²) in [6.07, 6.45) is 2.99.